The predicted molar refractivity (Wildman–Crippen MR) is 271 cm³/mol. The number of aromatic nitrogens is 3. The first kappa shape index (κ1) is 38.4. The van der Waals surface area contributed by atoms with Gasteiger partial charge in [-0.1, -0.05) is 131 Å². The molecule has 314 valence electrons. The molecule has 5 heteroatoms. The maximum atomic E-state index is 7.20. The number of hydrogen-bond donors (Lipinski definition) is 0. The van der Waals surface area contributed by atoms with E-state index >= 15 is 0 Å². The normalized spacial score (nSPS) is 15.3. The van der Waals surface area contributed by atoms with Crippen LogP contribution in [-0.2, 0) is 12.1 Å². The number of rotatable bonds is 5. The highest BCUT2D eigenvalue weighted by Gasteiger charge is 2.67. The monoisotopic (exact) mass is 857 g/mol. The second-order valence-corrected chi connectivity index (χ2v) is 25.2. The second kappa shape index (κ2) is 13.5. The predicted octanol–water partition coefficient (Wildman–Crippen LogP) is 13.7. The van der Waals surface area contributed by atoms with Crippen molar-refractivity contribution in [3.8, 4) is 39.5 Å². The lowest BCUT2D eigenvalue weighted by molar-refractivity contribution is -0.944. The maximum absolute atomic E-state index is 7.20. The molecule has 0 radical (unpaired) electrons. The third kappa shape index (κ3) is 5.19. The number of imidazole rings is 1. The molecule has 0 N–H and O–H groups in total. The Bertz CT molecular complexity index is 3820. The van der Waals surface area contributed by atoms with Gasteiger partial charge in [0.1, 0.15) is 16.8 Å². The van der Waals surface area contributed by atoms with Gasteiger partial charge in [-0.05, 0) is 130 Å². The summed E-state index contributed by atoms with van der Waals surface area (Å²) < 4.78 is 15.2. The summed E-state index contributed by atoms with van der Waals surface area (Å²) in [4.78, 5) is 0. The molecule has 5 heterocycles. The van der Waals surface area contributed by atoms with Crippen LogP contribution in [0.15, 0.2) is 168 Å². The largest absolute Gasteiger partial charge is 0.455 e. The Morgan fingerprint density at radius 1 is 0.631 bits per heavy atom. The second-order valence-electron chi connectivity index (χ2n) is 20.2. The number of fused-ring (bicyclic) bond motifs is 19. The van der Waals surface area contributed by atoms with Crippen molar-refractivity contribution in [1.82, 2.24) is 4.57 Å². The van der Waals surface area contributed by atoms with Gasteiger partial charge in [-0.3, -0.25) is 0 Å². The van der Waals surface area contributed by atoms with Crippen LogP contribution in [-0.4, -0.2) is 12.6 Å². The molecule has 0 saturated carbocycles. The topological polar surface area (TPSA) is 25.8 Å². The smallest absolute Gasteiger partial charge is 0.364 e. The molecule has 4 nitrogen and oxygen atoms in total. The summed E-state index contributed by atoms with van der Waals surface area (Å²) in [6, 6.07) is 59.1. The van der Waals surface area contributed by atoms with Crippen molar-refractivity contribution in [2.45, 2.75) is 59.4 Å². The molecule has 0 bridgehead atoms. The van der Waals surface area contributed by atoms with Crippen LogP contribution in [0.4, 0.5) is 0 Å². The highest BCUT2D eigenvalue weighted by Crippen LogP contribution is 2.53. The van der Waals surface area contributed by atoms with Crippen LogP contribution in [0.2, 0.25) is 19.6 Å². The van der Waals surface area contributed by atoms with Crippen molar-refractivity contribution in [2.24, 2.45) is 5.92 Å². The average Bonchev–Trinajstić information content (AvgIpc) is 4.01. The zero-order chi connectivity index (χ0) is 44.1. The van der Waals surface area contributed by atoms with Crippen LogP contribution >= 0.6 is 0 Å². The summed E-state index contributed by atoms with van der Waals surface area (Å²) in [5.74, 6) is 1.67. The lowest BCUT2D eigenvalue weighted by Gasteiger charge is -2.24. The first-order valence-electron chi connectivity index (χ1n) is 23.3. The Morgan fingerprint density at radius 3 is 2.12 bits per heavy atom. The minimum atomic E-state index is -1.88. The number of hydrogen-bond acceptors (Lipinski definition) is 1. The van der Waals surface area contributed by atoms with Crippen molar-refractivity contribution >= 4 is 67.8 Å². The van der Waals surface area contributed by atoms with E-state index in [4.69, 9.17) is 4.42 Å². The van der Waals surface area contributed by atoms with E-state index < -0.39 is 13.7 Å². The number of para-hydroxylation sites is 1. The molecule has 0 amide bonds. The van der Waals surface area contributed by atoms with Crippen molar-refractivity contribution in [3.05, 3.63) is 192 Å². The summed E-state index contributed by atoms with van der Waals surface area (Å²) in [6.07, 6.45) is 3.64. The van der Waals surface area contributed by atoms with Crippen LogP contribution in [0.25, 0.3) is 94.0 Å². The Hall–Kier alpha value is -7.08. The molecule has 8 aromatic carbocycles. The quantitative estimate of drug-likeness (QED) is 0.0962. The van der Waals surface area contributed by atoms with Gasteiger partial charge < -0.3 is 4.42 Å². The van der Waals surface area contributed by atoms with Gasteiger partial charge in [0.25, 0.3) is 0 Å². The number of aryl methyl sites for hydroxylation is 2. The molecule has 3 aromatic heterocycles. The third-order valence-corrected chi connectivity index (χ3v) is 16.6. The fourth-order valence-corrected chi connectivity index (χ4v) is 13.7. The minimum Gasteiger partial charge on any atom is -0.455 e. The summed E-state index contributed by atoms with van der Waals surface area (Å²) >= 11 is 0. The fourth-order valence-electron chi connectivity index (χ4n) is 12.0. The summed E-state index contributed by atoms with van der Waals surface area (Å²) in [5, 5.41) is 8.77. The van der Waals surface area contributed by atoms with Crippen molar-refractivity contribution in [2.75, 3.05) is 0 Å². The number of pyridine rings is 1. The summed E-state index contributed by atoms with van der Waals surface area (Å²) in [6.45, 7) is 16.9. The first-order chi connectivity index (χ1) is 31.5. The van der Waals surface area contributed by atoms with Crippen LogP contribution in [0, 0.1) is 19.8 Å². The zero-order valence-electron chi connectivity index (χ0n) is 38.1. The van der Waals surface area contributed by atoms with E-state index in [0.717, 1.165) is 39.7 Å². The van der Waals surface area contributed by atoms with E-state index in [1.807, 2.05) is 0 Å². The molecule has 1 atom stereocenters. The van der Waals surface area contributed by atoms with Gasteiger partial charge in [-0.25, -0.2) is 0 Å². The third-order valence-electron chi connectivity index (χ3n) is 14.6. The number of furan rings is 1. The van der Waals surface area contributed by atoms with Gasteiger partial charge in [-0.2, -0.15) is 4.57 Å². The van der Waals surface area contributed by atoms with Gasteiger partial charge in [0.05, 0.1) is 24.8 Å². The van der Waals surface area contributed by atoms with Gasteiger partial charge in [0, 0.05) is 22.0 Å². The minimum absolute atomic E-state index is 0.536. The summed E-state index contributed by atoms with van der Waals surface area (Å²) in [5.41, 5.74) is 17.2. The SMILES string of the molecule is Cc1cc(-c2ccccc2)cc(C)c1-n1c2[n+](c3cc4c(ccc5ccccc54)cc31)C1(c3ccccc3-c3cc(CC(C)C)c([Si](C)(C)C)c[n+]31)c1ccc3c(oc4ccccc43)c1-2. The van der Waals surface area contributed by atoms with Gasteiger partial charge in [-0.15, -0.1) is 9.13 Å². The highest BCUT2D eigenvalue weighted by atomic mass is 28.3. The van der Waals surface area contributed by atoms with Gasteiger partial charge in [0.2, 0.25) is 5.69 Å². The van der Waals surface area contributed by atoms with Crippen LogP contribution in [0.5, 0.6) is 0 Å². The molecule has 0 saturated heterocycles. The van der Waals surface area contributed by atoms with E-state index in [1.54, 1.807) is 0 Å². The standard InChI is InChI=1S/C60H51N3OSi/c1-36(2)29-43-33-51-47-22-13-15-23-49(47)60(61(51)35-55(43)65(5,6)7)50-28-27-46-45-21-14-16-24-54(45)64-58(46)56(50)59-62(57-37(3)30-42(31-38(57)4)39-17-9-8-10-18-39)52-32-41-26-25-40-19-11-12-20-44(40)48(41)34-53(52)63(59)60/h8-28,30-36H,29H2,1-7H3/q+2. The molecular formula is C60H51N3OSi+2. The van der Waals surface area contributed by atoms with E-state index in [1.165, 1.54) is 93.7 Å². The van der Waals surface area contributed by atoms with Crippen LogP contribution in [0.3, 0.4) is 0 Å². The summed E-state index contributed by atoms with van der Waals surface area (Å²) in [7, 11) is -1.88. The molecule has 13 rings (SSSR count). The van der Waals surface area contributed by atoms with Crippen LogP contribution in [0.1, 0.15) is 41.7 Å². The number of nitrogens with zero attached hydrogens (tertiary/aromatic N) is 3. The van der Waals surface area contributed by atoms with Crippen molar-refractivity contribution in [1.29, 1.82) is 0 Å². The molecular weight excluding hydrogens is 807 g/mol. The Labute approximate surface area is 380 Å². The van der Waals surface area contributed by atoms with Crippen LogP contribution < -0.4 is 14.3 Å². The van der Waals surface area contributed by atoms with Gasteiger partial charge in [0.15, 0.2) is 22.8 Å². The Kier molecular flexibility index (Phi) is 7.96. The molecule has 0 fully saturated rings. The fraction of sp³-hybridized carbons (Fsp3) is 0.167. The zero-order valence-corrected chi connectivity index (χ0v) is 39.1. The Balaban J connectivity index is 1.28. The van der Waals surface area contributed by atoms with Crippen molar-refractivity contribution < 1.29 is 13.6 Å². The lowest BCUT2D eigenvalue weighted by atomic mass is 9.88. The molecule has 0 aliphatic carbocycles. The van der Waals surface area contributed by atoms with E-state index in [0.29, 0.717) is 5.92 Å². The molecule has 1 spiro atoms. The Morgan fingerprint density at radius 2 is 1.34 bits per heavy atom. The molecule has 1 unspecified atom stereocenters. The molecule has 2 aliphatic heterocycles. The highest BCUT2D eigenvalue weighted by molar-refractivity contribution is 6.89. The van der Waals surface area contributed by atoms with E-state index in [9.17, 15) is 0 Å². The number of benzene rings is 8. The van der Waals surface area contributed by atoms with Gasteiger partial charge >= 0.3 is 11.5 Å². The maximum Gasteiger partial charge on any atom is 0.364 e. The lowest BCUT2D eigenvalue weighted by Crippen LogP contribution is -2.72. The molecule has 11 aromatic rings. The van der Waals surface area contributed by atoms with E-state index in [-0.39, 0.29) is 0 Å². The average molecular weight is 858 g/mol. The first-order valence-corrected chi connectivity index (χ1v) is 26.8. The van der Waals surface area contributed by atoms with E-state index in [2.05, 4.69) is 225 Å². The molecule has 2 aliphatic rings. The van der Waals surface area contributed by atoms with Crippen molar-refractivity contribution in [3.63, 3.8) is 0 Å². The molecule has 65 heavy (non-hydrogen) atoms.